The van der Waals surface area contributed by atoms with Gasteiger partial charge in [0, 0.05) is 5.39 Å². The Morgan fingerprint density at radius 1 is 0.850 bits per heavy atom. The van der Waals surface area contributed by atoms with Crippen LogP contribution < -0.4 is 5.43 Å². The number of aromatic hydroxyl groups is 5. The Morgan fingerprint density at radius 3 is 2.25 bits per heavy atom. The van der Waals surface area contributed by atoms with E-state index in [1.807, 2.05) is 0 Å². The van der Waals surface area contributed by atoms with E-state index < -0.39 is 28.4 Å². The summed E-state index contributed by atoms with van der Waals surface area (Å²) in [5, 5.41) is 48.2. The lowest BCUT2D eigenvalue weighted by Gasteiger charge is -2.13. The molecule has 0 fully saturated rings. The first-order chi connectivity index (χ1) is 9.41. The van der Waals surface area contributed by atoms with Crippen LogP contribution in [0, 0.1) is 0 Å². The predicted octanol–water partition coefficient (Wildman–Crippen LogP) is 1.16. The molecule has 0 radical (unpaired) electrons. The number of aromatic amines is 1. The highest BCUT2D eigenvalue weighted by Gasteiger charge is 2.23. The number of phenols is 5. The third-order valence-corrected chi connectivity index (χ3v) is 3.15. The summed E-state index contributed by atoms with van der Waals surface area (Å²) in [4.78, 5) is 14.4. The van der Waals surface area contributed by atoms with Gasteiger partial charge in [0.2, 0.25) is 16.9 Å². The van der Waals surface area contributed by atoms with Crippen LogP contribution in [0.25, 0.3) is 22.2 Å². The molecule has 0 saturated heterocycles. The minimum Gasteiger partial charge on any atom is -0.504 e. The van der Waals surface area contributed by atoms with Crippen molar-refractivity contribution in [1.29, 1.82) is 0 Å². The average Bonchev–Trinajstić information content (AvgIpc) is 2.45. The molecule has 0 amide bonds. The van der Waals surface area contributed by atoms with Crippen LogP contribution in [0.15, 0.2) is 23.0 Å². The van der Waals surface area contributed by atoms with Gasteiger partial charge in [0.1, 0.15) is 0 Å². The molecule has 1 aromatic carbocycles. The van der Waals surface area contributed by atoms with Crippen molar-refractivity contribution in [2.45, 2.75) is 0 Å². The van der Waals surface area contributed by atoms with E-state index in [1.54, 1.807) is 0 Å². The summed E-state index contributed by atoms with van der Waals surface area (Å²) < 4.78 is 0. The van der Waals surface area contributed by atoms with Crippen LogP contribution in [-0.4, -0.2) is 30.5 Å². The zero-order valence-electron chi connectivity index (χ0n) is 9.88. The lowest BCUT2D eigenvalue weighted by Crippen LogP contribution is -2.07. The largest absolute Gasteiger partial charge is 0.504 e. The molecule has 3 rings (SSSR count). The smallest absolute Gasteiger partial charge is 0.233 e. The average molecular weight is 275 g/mol. The highest BCUT2D eigenvalue weighted by atomic mass is 16.3. The van der Waals surface area contributed by atoms with Crippen molar-refractivity contribution in [3.8, 4) is 40.0 Å². The van der Waals surface area contributed by atoms with Crippen molar-refractivity contribution < 1.29 is 25.5 Å². The molecule has 6 N–H and O–H groups in total. The Bertz CT molecular complexity index is 883. The van der Waals surface area contributed by atoms with Gasteiger partial charge in [0.05, 0.1) is 16.8 Å². The second-order valence-corrected chi connectivity index (χ2v) is 4.33. The molecule has 0 bridgehead atoms. The first kappa shape index (κ1) is 12.0. The van der Waals surface area contributed by atoms with Crippen LogP contribution in [0.4, 0.5) is 0 Å². The van der Waals surface area contributed by atoms with Gasteiger partial charge in [-0.1, -0.05) is 0 Å². The van der Waals surface area contributed by atoms with Crippen molar-refractivity contribution in [2.24, 2.45) is 0 Å². The van der Waals surface area contributed by atoms with Crippen LogP contribution >= 0.6 is 0 Å². The fraction of sp³-hybridized carbons (Fsp3) is 0. The molecule has 1 aliphatic carbocycles. The molecule has 0 aromatic heterocycles. The maximum Gasteiger partial charge on any atom is 0.233 e. The highest BCUT2D eigenvalue weighted by Crippen LogP contribution is 2.43. The quantitative estimate of drug-likeness (QED) is 0.269. The summed E-state index contributed by atoms with van der Waals surface area (Å²) >= 11 is 0. The number of phenolic OH excluding ortho intramolecular Hbond substituents is 5. The molecule has 1 heterocycles. The maximum absolute atomic E-state index is 11.8. The number of hydrogen-bond donors (Lipinski definition) is 6. The van der Waals surface area contributed by atoms with Crippen LogP contribution in [0.3, 0.4) is 0 Å². The molecule has 1 aliphatic heterocycles. The fourth-order valence-electron chi connectivity index (χ4n) is 2.10. The van der Waals surface area contributed by atoms with Gasteiger partial charge in [-0.05, 0) is 18.2 Å². The molecule has 0 spiro atoms. The summed E-state index contributed by atoms with van der Waals surface area (Å²) in [5.74, 6) is -3.45. The van der Waals surface area contributed by atoms with Gasteiger partial charge in [-0.25, -0.2) is 0 Å². The second kappa shape index (κ2) is 3.70. The van der Waals surface area contributed by atoms with E-state index >= 15 is 0 Å². The van der Waals surface area contributed by atoms with Gasteiger partial charge in [0.25, 0.3) is 0 Å². The van der Waals surface area contributed by atoms with Crippen molar-refractivity contribution >= 4 is 10.9 Å². The van der Waals surface area contributed by atoms with Crippen molar-refractivity contribution in [3.63, 3.8) is 0 Å². The molecule has 2 aliphatic rings. The summed E-state index contributed by atoms with van der Waals surface area (Å²) in [6.45, 7) is 0. The topological polar surface area (TPSA) is 134 Å². The number of aromatic nitrogens is 1. The van der Waals surface area contributed by atoms with Gasteiger partial charge in [0.15, 0.2) is 17.2 Å². The number of hydrogen-bond acceptors (Lipinski definition) is 6. The molecular formula is C13H9NO6. The monoisotopic (exact) mass is 275 g/mol. The molecule has 7 heteroatoms. The minimum atomic E-state index is -0.953. The molecule has 7 nitrogen and oxygen atoms in total. The fourth-order valence-corrected chi connectivity index (χ4v) is 2.10. The number of pyridine rings is 1. The molecule has 0 atom stereocenters. The minimum absolute atomic E-state index is 0.0598. The van der Waals surface area contributed by atoms with E-state index in [4.69, 9.17) is 0 Å². The predicted molar refractivity (Wildman–Crippen MR) is 69.5 cm³/mol. The van der Waals surface area contributed by atoms with E-state index in [1.165, 1.54) is 18.2 Å². The van der Waals surface area contributed by atoms with E-state index in [9.17, 15) is 30.3 Å². The summed E-state index contributed by atoms with van der Waals surface area (Å²) in [5.41, 5.74) is -0.993. The first-order valence-corrected chi connectivity index (χ1v) is 5.56. The number of H-pyrrole nitrogens is 1. The molecule has 20 heavy (non-hydrogen) atoms. The summed E-state index contributed by atoms with van der Waals surface area (Å²) in [6.07, 6.45) is 0. The van der Waals surface area contributed by atoms with Crippen LogP contribution in [-0.2, 0) is 0 Å². The SMILES string of the molecule is O=c1c2cc3ccc(O)c(O)c3[nH]c-2c(O)c(O)c1O. The van der Waals surface area contributed by atoms with E-state index in [0.29, 0.717) is 5.39 Å². The normalized spacial score (nSPS) is 11.2. The van der Waals surface area contributed by atoms with Gasteiger partial charge in [-0.2, -0.15) is 0 Å². The van der Waals surface area contributed by atoms with E-state index in [2.05, 4.69) is 4.98 Å². The standard InChI is InChI=1S/C13H9NO6/c15-6-2-1-4-3-5-8(14-7(4)10(6)17)11(18)13(20)12(19)9(5)16/h1-3,14-15,17-20H. The summed E-state index contributed by atoms with van der Waals surface area (Å²) in [7, 11) is 0. The highest BCUT2D eigenvalue weighted by molar-refractivity contribution is 5.93. The van der Waals surface area contributed by atoms with Crippen molar-refractivity contribution in [3.05, 3.63) is 28.4 Å². The van der Waals surface area contributed by atoms with E-state index in [-0.39, 0.29) is 22.5 Å². The molecule has 0 unspecified atom stereocenters. The molecule has 102 valence electrons. The van der Waals surface area contributed by atoms with Crippen LogP contribution in [0.1, 0.15) is 0 Å². The Kier molecular flexibility index (Phi) is 2.22. The Labute approximate surface area is 111 Å². The zero-order chi connectivity index (χ0) is 14.6. The van der Waals surface area contributed by atoms with Gasteiger partial charge in [-0.3, -0.25) is 4.79 Å². The van der Waals surface area contributed by atoms with E-state index in [0.717, 1.165) is 0 Å². The van der Waals surface area contributed by atoms with Crippen LogP contribution in [0.2, 0.25) is 0 Å². The summed E-state index contributed by atoms with van der Waals surface area (Å²) in [6, 6.07) is 4.00. The Morgan fingerprint density at radius 2 is 1.55 bits per heavy atom. The maximum atomic E-state index is 11.8. The number of benzene rings is 2. The Balaban J connectivity index is 2.59. The van der Waals surface area contributed by atoms with Gasteiger partial charge in [-0.15, -0.1) is 0 Å². The van der Waals surface area contributed by atoms with Crippen molar-refractivity contribution in [2.75, 3.05) is 0 Å². The Hall–Kier alpha value is -3.09. The third-order valence-electron chi connectivity index (χ3n) is 3.15. The number of fused-ring (bicyclic) bond motifs is 2. The third kappa shape index (κ3) is 1.37. The molecule has 0 saturated carbocycles. The molecule has 1 aromatic rings. The van der Waals surface area contributed by atoms with Crippen molar-refractivity contribution in [1.82, 2.24) is 4.98 Å². The van der Waals surface area contributed by atoms with Crippen LogP contribution in [0.5, 0.6) is 28.7 Å². The zero-order valence-corrected chi connectivity index (χ0v) is 9.88. The molecular weight excluding hydrogens is 266 g/mol. The number of nitrogens with one attached hydrogen (secondary N) is 1. The van der Waals surface area contributed by atoms with Gasteiger partial charge < -0.3 is 30.5 Å². The lowest BCUT2D eigenvalue weighted by molar-refractivity contribution is 0.365. The first-order valence-electron chi connectivity index (χ1n) is 5.56. The number of rotatable bonds is 0. The van der Waals surface area contributed by atoms with Gasteiger partial charge >= 0.3 is 0 Å². The second-order valence-electron chi connectivity index (χ2n) is 4.33. The lowest BCUT2D eigenvalue weighted by atomic mass is 10.0.